The van der Waals surface area contributed by atoms with Gasteiger partial charge in [-0.3, -0.25) is 14.8 Å². The minimum Gasteiger partial charge on any atom is -0.298 e. The summed E-state index contributed by atoms with van der Waals surface area (Å²) in [6.07, 6.45) is -0.542. The molecular formula is C24H22ClF4N5O3S. The number of hydrogen-bond donors (Lipinski definition) is 0. The van der Waals surface area contributed by atoms with E-state index in [1.165, 1.54) is 25.4 Å². The lowest BCUT2D eigenvalue weighted by atomic mass is 9.99. The van der Waals surface area contributed by atoms with Crippen molar-refractivity contribution in [3.63, 3.8) is 0 Å². The van der Waals surface area contributed by atoms with Gasteiger partial charge in [-0.1, -0.05) is 11.6 Å². The van der Waals surface area contributed by atoms with Crippen molar-refractivity contribution in [3.05, 3.63) is 65.1 Å². The molecule has 0 bridgehead atoms. The SMILES string of the molecule is Cc1cnc(-c2cnc(C(F)(F)F)nc2)cc1CCC(=O)[C@@H]1C[C@@H](F)[C@H](C)N1S(=O)(=O)c1cncc(Cl)c1. The van der Waals surface area contributed by atoms with Gasteiger partial charge in [0, 0.05) is 49.4 Å². The Balaban J connectivity index is 1.54. The third-order valence-corrected chi connectivity index (χ3v) is 8.53. The number of sulfonamides is 1. The molecule has 202 valence electrons. The van der Waals surface area contributed by atoms with E-state index < -0.39 is 46.1 Å². The van der Waals surface area contributed by atoms with E-state index in [1.54, 1.807) is 13.0 Å². The fourth-order valence-corrected chi connectivity index (χ4v) is 6.36. The molecule has 1 aliphatic heterocycles. The normalized spacial score (nSPS) is 20.6. The van der Waals surface area contributed by atoms with Crippen LogP contribution < -0.4 is 0 Å². The van der Waals surface area contributed by atoms with Crippen LogP contribution in [0, 0.1) is 6.92 Å². The molecule has 3 atom stereocenters. The largest absolute Gasteiger partial charge is 0.451 e. The van der Waals surface area contributed by atoms with Gasteiger partial charge in [-0.15, -0.1) is 0 Å². The zero-order valence-corrected chi connectivity index (χ0v) is 21.7. The number of ketones is 1. The molecule has 1 aliphatic rings. The summed E-state index contributed by atoms with van der Waals surface area (Å²) in [5, 5.41) is 0.0833. The van der Waals surface area contributed by atoms with Crippen LogP contribution in [0.4, 0.5) is 17.6 Å². The Morgan fingerprint density at radius 1 is 1.11 bits per heavy atom. The number of carbonyl (C=O) groups excluding carboxylic acids is 1. The molecule has 0 aliphatic carbocycles. The van der Waals surface area contributed by atoms with Crippen LogP contribution >= 0.6 is 11.6 Å². The lowest BCUT2D eigenvalue weighted by Gasteiger charge is -2.26. The van der Waals surface area contributed by atoms with E-state index in [0.717, 1.165) is 22.9 Å². The smallest absolute Gasteiger partial charge is 0.298 e. The van der Waals surface area contributed by atoms with Gasteiger partial charge in [-0.25, -0.2) is 22.8 Å². The number of aryl methyl sites for hydroxylation is 2. The van der Waals surface area contributed by atoms with Crippen LogP contribution in [0.1, 0.15) is 36.7 Å². The van der Waals surface area contributed by atoms with Crippen molar-refractivity contribution in [1.29, 1.82) is 0 Å². The summed E-state index contributed by atoms with van der Waals surface area (Å²) < 4.78 is 80.4. The molecule has 3 aromatic heterocycles. The van der Waals surface area contributed by atoms with E-state index in [1.807, 2.05) is 0 Å². The Hall–Kier alpha value is -3.03. The van der Waals surface area contributed by atoms with Crippen LogP contribution in [-0.2, 0) is 27.4 Å². The van der Waals surface area contributed by atoms with E-state index in [4.69, 9.17) is 11.6 Å². The highest BCUT2D eigenvalue weighted by Gasteiger charge is 2.48. The Labute approximate surface area is 221 Å². The first kappa shape index (κ1) is 28.0. The molecule has 14 heteroatoms. The number of alkyl halides is 4. The fraction of sp³-hybridized carbons (Fsp3) is 0.375. The van der Waals surface area contributed by atoms with Crippen molar-refractivity contribution in [2.24, 2.45) is 0 Å². The summed E-state index contributed by atoms with van der Waals surface area (Å²) in [6, 6.07) is 0.516. The van der Waals surface area contributed by atoms with Gasteiger partial charge in [0.1, 0.15) is 11.1 Å². The number of pyridine rings is 2. The number of rotatable bonds is 7. The van der Waals surface area contributed by atoms with E-state index in [0.29, 0.717) is 16.8 Å². The molecule has 0 N–H and O–H groups in total. The molecule has 4 rings (SSSR count). The first-order valence-electron chi connectivity index (χ1n) is 11.4. The lowest BCUT2D eigenvalue weighted by molar-refractivity contribution is -0.145. The average molecular weight is 572 g/mol. The number of halogens is 5. The Kier molecular flexibility index (Phi) is 7.82. The molecular weight excluding hydrogens is 550 g/mol. The van der Waals surface area contributed by atoms with Gasteiger partial charge in [-0.05, 0) is 43.5 Å². The first-order chi connectivity index (χ1) is 17.8. The van der Waals surface area contributed by atoms with Crippen LogP contribution in [0.2, 0.25) is 5.02 Å². The third kappa shape index (κ3) is 5.69. The predicted molar refractivity (Wildman–Crippen MR) is 129 cm³/mol. The topological polar surface area (TPSA) is 106 Å². The molecule has 0 unspecified atom stereocenters. The molecule has 0 spiro atoms. The minimum atomic E-state index is -4.67. The number of carbonyl (C=O) groups is 1. The maximum Gasteiger partial charge on any atom is 0.451 e. The van der Waals surface area contributed by atoms with Crippen molar-refractivity contribution in [2.75, 3.05) is 0 Å². The molecule has 0 radical (unpaired) electrons. The predicted octanol–water partition coefficient (Wildman–Crippen LogP) is 4.61. The third-order valence-electron chi connectivity index (χ3n) is 6.36. The van der Waals surface area contributed by atoms with Crippen molar-refractivity contribution < 1.29 is 30.8 Å². The lowest BCUT2D eigenvalue weighted by Crippen LogP contribution is -2.44. The van der Waals surface area contributed by atoms with E-state index in [9.17, 15) is 30.8 Å². The molecule has 0 amide bonds. The van der Waals surface area contributed by atoms with Gasteiger partial charge in [0.25, 0.3) is 0 Å². The standard InChI is InChI=1S/C24H22ClF4N5O3S/c1-13-8-31-20(16-9-32-23(33-10-16)24(27,28)29)5-15(13)3-4-22(35)21-7-19(26)14(2)34(21)38(36,37)18-6-17(25)11-30-12-18/h5-6,8-12,14,19,21H,3-4,7H2,1-2H3/t14-,19+,21-/m0/s1. The highest BCUT2D eigenvalue weighted by atomic mass is 35.5. The molecule has 3 aromatic rings. The molecule has 0 saturated carbocycles. The second-order valence-electron chi connectivity index (χ2n) is 8.94. The van der Waals surface area contributed by atoms with E-state index in [2.05, 4.69) is 19.9 Å². The maximum absolute atomic E-state index is 14.7. The number of aromatic nitrogens is 4. The fourth-order valence-electron chi connectivity index (χ4n) is 4.30. The maximum atomic E-state index is 14.7. The number of Topliss-reactive ketones (excluding diaryl/α,β-unsaturated/α-hetero) is 1. The molecule has 4 heterocycles. The molecule has 38 heavy (non-hydrogen) atoms. The van der Waals surface area contributed by atoms with Crippen molar-refractivity contribution in [1.82, 2.24) is 24.2 Å². The van der Waals surface area contributed by atoms with Crippen molar-refractivity contribution in [3.8, 4) is 11.3 Å². The molecule has 0 aromatic carbocycles. The van der Waals surface area contributed by atoms with Crippen molar-refractivity contribution in [2.45, 2.75) is 62.4 Å². The Bertz CT molecular complexity index is 1450. The second kappa shape index (κ2) is 10.6. The van der Waals surface area contributed by atoms with Gasteiger partial charge in [0.15, 0.2) is 5.78 Å². The highest BCUT2D eigenvalue weighted by molar-refractivity contribution is 7.89. The quantitative estimate of drug-likeness (QED) is 0.381. The summed E-state index contributed by atoms with van der Waals surface area (Å²) in [4.78, 5) is 27.6. The highest BCUT2D eigenvalue weighted by Crippen LogP contribution is 2.35. The van der Waals surface area contributed by atoms with Gasteiger partial charge in [0.2, 0.25) is 15.8 Å². The Morgan fingerprint density at radius 2 is 1.79 bits per heavy atom. The van der Waals surface area contributed by atoms with Crippen LogP contribution in [0.5, 0.6) is 0 Å². The minimum absolute atomic E-state index is 0.0833. The summed E-state index contributed by atoms with van der Waals surface area (Å²) in [5.41, 5.74) is 1.94. The van der Waals surface area contributed by atoms with Gasteiger partial charge < -0.3 is 0 Å². The average Bonchev–Trinajstić information content (AvgIpc) is 3.17. The zero-order chi connectivity index (χ0) is 27.8. The van der Waals surface area contributed by atoms with Crippen LogP contribution in [0.3, 0.4) is 0 Å². The van der Waals surface area contributed by atoms with E-state index >= 15 is 0 Å². The first-order valence-corrected chi connectivity index (χ1v) is 13.3. The monoisotopic (exact) mass is 571 g/mol. The molecule has 1 fully saturated rings. The zero-order valence-electron chi connectivity index (χ0n) is 20.2. The summed E-state index contributed by atoms with van der Waals surface area (Å²) in [6.45, 7) is 3.15. The summed E-state index contributed by atoms with van der Waals surface area (Å²) in [5.74, 6) is -1.74. The van der Waals surface area contributed by atoms with Gasteiger partial charge in [-0.2, -0.15) is 17.5 Å². The van der Waals surface area contributed by atoms with Gasteiger partial charge >= 0.3 is 6.18 Å². The van der Waals surface area contributed by atoms with Crippen LogP contribution in [0.15, 0.2) is 48.0 Å². The second-order valence-corrected chi connectivity index (χ2v) is 11.2. The van der Waals surface area contributed by atoms with Crippen LogP contribution in [-0.4, -0.2) is 56.7 Å². The molecule has 1 saturated heterocycles. The van der Waals surface area contributed by atoms with E-state index in [-0.39, 0.29) is 34.7 Å². The molecule has 8 nitrogen and oxygen atoms in total. The van der Waals surface area contributed by atoms with Crippen molar-refractivity contribution >= 4 is 27.4 Å². The summed E-state index contributed by atoms with van der Waals surface area (Å²) >= 11 is 5.89. The Morgan fingerprint density at radius 3 is 2.42 bits per heavy atom. The number of nitrogens with zero attached hydrogens (tertiary/aromatic N) is 5. The number of hydrogen-bond acceptors (Lipinski definition) is 7. The summed E-state index contributed by atoms with van der Waals surface area (Å²) in [7, 11) is -4.26. The van der Waals surface area contributed by atoms with Crippen LogP contribution in [0.25, 0.3) is 11.3 Å². The van der Waals surface area contributed by atoms with Gasteiger partial charge in [0.05, 0.1) is 22.8 Å².